The van der Waals surface area contributed by atoms with Gasteiger partial charge >= 0.3 is 6.18 Å². The van der Waals surface area contributed by atoms with Crippen LogP contribution in [-0.2, 0) is 6.18 Å². The number of halogens is 4. The first-order valence-corrected chi connectivity index (χ1v) is 5.47. The Kier molecular flexibility index (Phi) is 3.30. The molecule has 1 aliphatic rings. The van der Waals surface area contributed by atoms with E-state index >= 15 is 0 Å². The molecule has 94 valence electrons. The predicted octanol–water partition coefficient (Wildman–Crippen LogP) is 2.36. The van der Waals surface area contributed by atoms with Crippen LogP contribution in [0.1, 0.15) is 5.56 Å². The number of anilines is 1. The van der Waals surface area contributed by atoms with Gasteiger partial charge in [0, 0.05) is 23.2 Å². The van der Waals surface area contributed by atoms with Crippen LogP contribution in [0.15, 0.2) is 24.3 Å². The van der Waals surface area contributed by atoms with E-state index in [-0.39, 0.29) is 12.4 Å². The summed E-state index contributed by atoms with van der Waals surface area (Å²) >= 11 is 3.15. The second-order valence-electron chi connectivity index (χ2n) is 3.54. The lowest BCUT2D eigenvalue weighted by Gasteiger charge is -2.26. The molecule has 8 heteroatoms. The summed E-state index contributed by atoms with van der Waals surface area (Å²) in [6.07, 6.45) is -4.36. The molecular formula is C9H10BrF3N4. The fourth-order valence-corrected chi connectivity index (χ4v) is 2.07. The quantitative estimate of drug-likeness (QED) is 0.804. The van der Waals surface area contributed by atoms with Gasteiger partial charge in [-0.25, -0.2) is 0 Å². The fourth-order valence-electron chi connectivity index (χ4n) is 1.63. The number of nitrogens with zero attached hydrogens (tertiary/aromatic N) is 3. The van der Waals surface area contributed by atoms with Crippen LogP contribution >= 0.6 is 16.1 Å². The van der Waals surface area contributed by atoms with Gasteiger partial charge in [0.15, 0.2) is 0 Å². The summed E-state index contributed by atoms with van der Waals surface area (Å²) in [5.74, 6) is 0. The molecule has 1 saturated heterocycles. The summed E-state index contributed by atoms with van der Waals surface area (Å²) in [6.45, 7) is 0.267. The molecule has 0 amide bonds. The Balaban J connectivity index is 2.39. The monoisotopic (exact) mass is 310 g/mol. The number of rotatable bonds is 1. The summed E-state index contributed by atoms with van der Waals surface area (Å²) in [5, 5.41) is 2.94. The number of hydrogen-bond donors (Lipinski definition) is 1. The van der Waals surface area contributed by atoms with E-state index in [9.17, 15) is 13.2 Å². The number of hydrogen-bond acceptors (Lipinski definition) is 4. The summed E-state index contributed by atoms with van der Waals surface area (Å²) in [5.41, 5.74) is 2.24. The van der Waals surface area contributed by atoms with E-state index in [1.165, 1.54) is 26.3 Å². The van der Waals surface area contributed by atoms with Crippen LogP contribution in [0.25, 0.3) is 0 Å². The van der Waals surface area contributed by atoms with Crippen LogP contribution in [0.5, 0.6) is 0 Å². The maximum absolute atomic E-state index is 12.8. The lowest BCUT2D eigenvalue weighted by Crippen LogP contribution is -2.39. The Bertz CT molecular complexity index is 411. The van der Waals surface area contributed by atoms with E-state index in [2.05, 4.69) is 21.7 Å². The SMILES string of the molecule is CN1NN(Br)CN1c1ccccc1C(F)(F)F. The van der Waals surface area contributed by atoms with Gasteiger partial charge in [0.2, 0.25) is 0 Å². The lowest BCUT2D eigenvalue weighted by molar-refractivity contribution is -0.137. The molecule has 0 aromatic heterocycles. The number of para-hydroxylation sites is 1. The Morgan fingerprint density at radius 3 is 2.47 bits per heavy atom. The molecule has 1 aromatic rings. The fraction of sp³-hybridized carbons (Fsp3) is 0.333. The van der Waals surface area contributed by atoms with E-state index in [1.54, 1.807) is 13.1 Å². The number of hydrazine groups is 3. The zero-order valence-electron chi connectivity index (χ0n) is 8.87. The van der Waals surface area contributed by atoms with Crippen LogP contribution in [-0.4, -0.2) is 22.9 Å². The average molecular weight is 311 g/mol. The first kappa shape index (κ1) is 12.6. The number of nitrogens with one attached hydrogen (secondary N) is 1. The summed E-state index contributed by atoms with van der Waals surface area (Å²) in [7, 11) is 1.63. The molecule has 0 saturated carbocycles. The van der Waals surface area contributed by atoms with Gasteiger partial charge in [0.1, 0.15) is 6.67 Å². The van der Waals surface area contributed by atoms with Gasteiger partial charge in [-0.3, -0.25) is 5.01 Å². The molecule has 0 radical (unpaired) electrons. The zero-order chi connectivity index (χ0) is 12.6. The van der Waals surface area contributed by atoms with Gasteiger partial charge in [-0.1, -0.05) is 12.1 Å². The molecule has 0 aliphatic carbocycles. The minimum Gasteiger partial charge on any atom is -0.274 e. The normalized spacial score (nSPS) is 19.0. The third-order valence-corrected chi connectivity index (χ3v) is 2.74. The van der Waals surface area contributed by atoms with Crippen molar-refractivity contribution < 1.29 is 13.2 Å². The highest BCUT2D eigenvalue weighted by atomic mass is 79.9. The molecule has 17 heavy (non-hydrogen) atoms. The summed E-state index contributed by atoms with van der Waals surface area (Å²) < 4.78 is 40.0. The van der Waals surface area contributed by atoms with Crippen LogP contribution in [0.4, 0.5) is 18.9 Å². The van der Waals surface area contributed by atoms with Crippen molar-refractivity contribution in [3.8, 4) is 0 Å². The molecule has 2 rings (SSSR count). The molecule has 1 fully saturated rings. The predicted molar refractivity (Wildman–Crippen MR) is 60.5 cm³/mol. The van der Waals surface area contributed by atoms with Gasteiger partial charge in [-0.2, -0.15) is 18.7 Å². The second kappa shape index (κ2) is 4.45. The molecule has 0 bridgehead atoms. The third kappa shape index (κ3) is 2.54. The molecular weight excluding hydrogens is 301 g/mol. The van der Waals surface area contributed by atoms with Crippen molar-refractivity contribution in [1.82, 2.24) is 14.7 Å². The van der Waals surface area contributed by atoms with Gasteiger partial charge < -0.3 is 0 Å². The standard InChI is InChI=1S/C9H10BrF3N4/c1-15-14-17(10)6-16(15)8-5-3-2-4-7(8)9(11,12)13/h2-5,14H,6H2,1H3. The maximum atomic E-state index is 12.8. The lowest BCUT2D eigenvalue weighted by atomic mass is 10.1. The molecule has 4 nitrogen and oxygen atoms in total. The highest BCUT2D eigenvalue weighted by Crippen LogP contribution is 2.37. The van der Waals surface area contributed by atoms with Crippen LogP contribution in [0.3, 0.4) is 0 Å². The van der Waals surface area contributed by atoms with E-state index in [0.29, 0.717) is 0 Å². The Morgan fingerprint density at radius 2 is 1.94 bits per heavy atom. The Labute approximate surface area is 105 Å². The smallest absolute Gasteiger partial charge is 0.274 e. The van der Waals surface area contributed by atoms with Crippen LogP contribution < -0.4 is 10.5 Å². The number of benzene rings is 1. The third-order valence-electron chi connectivity index (χ3n) is 2.36. The van der Waals surface area contributed by atoms with Crippen molar-refractivity contribution in [3.63, 3.8) is 0 Å². The first-order chi connectivity index (χ1) is 7.89. The van der Waals surface area contributed by atoms with Crippen molar-refractivity contribution >= 4 is 21.8 Å². The molecule has 0 spiro atoms. The van der Waals surface area contributed by atoms with Gasteiger partial charge in [-0.15, -0.1) is 9.15 Å². The summed E-state index contributed by atoms with van der Waals surface area (Å²) in [4.78, 5) is 0. The Morgan fingerprint density at radius 1 is 1.29 bits per heavy atom. The molecule has 0 atom stereocenters. The van der Waals surface area contributed by atoms with Gasteiger partial charge in [-0.05, 0) is 12.1 Å². The van der Waals surface area contributed by atoms with Crippen molar-refractivity contribution in [2.24, 2.45) is 0 Å². The summed E-state index contributed by atoms with van der Waals surface area (Å²) in [6, 6.07) is 5.46. The number of alkyl halides is 3. The molecule has 1 aromatic carbocycles. The molecule has 1 N–H and O–H groups in total. The zero-order valence-corrected chi connectivity index (χ0v) is 10.5. The van der Waals surface area contributed by atoms with Crippen molar-refractivity contribution in [3.05, 3.63) is 29.8 Å². The largest absolute Gasteiger partial charge is 0.418 e. The van der Waals surface area contributed by atoms with Crippen molar-refractivity contribution in [2.75, 3.05) is 18.7 Å². The minimum atomic E-state index is -4.36. The van der Waals surface area contributed by atoms with E-state index < -0.39 is 11.7 Å². The van der Waals surface area contributed by atoms with E-state index in [0.717, 1.165) is 6.07 Å². The first-order valence-electron chi connectivity index (χ1n) is 4.76. The van der Waals surface area contributed by atoms with E-state index in [4.69, 9.17) is 0 Å². The highest BCUT2D eigenvalue weighted by molar-refractivity contribution is 9.07. The van der Waals surface area contributed by atoms with Crippen molar-refractivity contribution in [1.29, 1.82) is 0 Å². The van der Waals surface area contributed by atoms with Gasteiger partial charge in [0.05, 0.1) is 11.3 Å². The van der Waals surface area contributed by atoms with Gasteiger partial charge in [0.25, 0.3) is 0 Å². The van der Waals surface area contributed by atoms with Crippen LogP contribution in [0, 0.1) is 0 Å². The van der Waals surface area contributed by atoms with E-state index in [1.807, 2.05) is 0 Å². The van der Waals surface area contributed by atoms with Crippen molar-refractivity contribution in [2.45, 2.75) is 6.18 Å². The maximum Gasteiger partial charge on any atom is 0.418 e. The second-order valence-corrected chi connectivity index (χ2v) is 4.40. The minimum absolute atomic E-state index is 0.108. The van der Waals surface area contributed by atoms with Crippen LogP contribution in [0.2, 0.25) is 0 Å². The Hall–Kier alpha value is -0.830. The highest BCUT2D eigenvalue weighted by Gasteiger charge is 2.37. The molecule has 0 unspecified atom stereocenters. The topological polar surface area (TPSA) is 21.8 Å². The average Bonchev–Trinajstić information content (AvgIpc) is 2.56. The molecule has 1 aliphatic heterocycles. The molecule has 1 heterocycles.